The largest absolute Gasteiger partial charge is 0.453 e. The molecule has 0 spiro atoms. The van der Waals surface area contributed by atoms with Crippen LogP contribution in [0, 0.1) is 0 Å². The molecule has 5 heteroatoms. The number of ether oxygens (including phenoxy) is 1. The third-order valence-corrected chi connectivity index (χ3v) is 4.64. The van der Waals surface area contributed by atoms with Gasteiger partial charge in [-0.3, -0.25) is 4.90 Å². The summed E-state index contributed by atoms with van der Waals surface area (Å²) in [5.74, 6) is 0. The summed E-state index contributed by atoms with van der Waals surface area (Å²) in [6, 6.07) is 0. The van der Waals surface area contributed by atoms with Crippen LogP contribution < -0.4 is 0 Å². The Morgan fingerprint density at radius 2 is 1.68 bits per heavy atom. The fraction of sp³-hybridized carbons (Fsp3) is 0.929. The van der Waals surface area contributed by atoms with E-state index in [0.717, 1.165) is 25.9 Å². The Morgan fingerprint density at radius 1 is 1.11 bits per heavy atom. The van der Waals surface area contributed by atoms with Gasteiger partial charge in [0.25, 0.3) is 0 Å². The molecule has 0 bridgehead atoms. The van der Waals surface area contributed by atoms with Crippen LogP contribution in [0.15, 0.2) is 0 Å². The van der Waals surface area contributed by atoms with Crippen LogP contribution >= 0.6 is 0 Å². The van der Waals surface area contributed by atoms with Gasteiger partial charge in [0.05, 0.1) is 13.7 Å². The van der Waals surface area contributed by atoms with Gasteiger partial charge in [0.2, 0.25) is 0 Å². The van der Waals surface area contributed by atoms with Crippen molar-refractivity contribution < 1.29 is 14.6 Å². The molecule has 0 atom stereocenters. The molecule has 0 aromatic carbocycles. The highest BCUT2D eigenvalue weighted by molar-refractivity contribution is 5.67. The fourth-order valence-electron chi connectivity index (χ4n) is 3.51. The van der Waals surface area contributed by atoms with E-state index in [9.17, 15) is 9.90 Å². The summed E-state index contributed by atoms with van der Waals surface area (Å²) in [5, 5.41) is 9.19. The Bertz CT molecular complexity index is 293. The molecule has 0 unspecified atom stereocenters. The molecule has 3 rings (SSSR count). The molecule has 0 aromatic heterocycles. The van der Waals surface area contributed by atoms with E-state index in [1.807, 2.05) is 0 Å². The lowest BCUT2D eigenvalue weighted by atomic mass is 9.96. The standard InChI is InChI=1S/C8H15NO.C6H11NO2/c10-7-8-3-1-5-9(8)6-2-4-8;1-9-6(8)7-4-2-3-5-7/h10H,1-7H2;2-5H2,1H3. The molecule has 1 N–H and O–H groups in total. The number of methoxy groups -OCH3 is 1. The van der Waals surface area contributed by atoms with Crippen LogP contribution in [0.5, 0.6) is 0 Å². The molecular formula is C14H26N2O3. The van der Waals surface area contributed by atoms with Crippen molar-refractivity contribution >= 4 is 6.09 Å². The minimum Gasteiger partial charge on any atom is -0.453 e. The van der Waals surface area contributed by atoms with Gasteiger partial charge >= 0.3 is 6.09 Å². The molecule has 110 valence electrons. The molecule has 3 saturated heterocycles. The number of fused-ring (bicyclic) bond motifs is 1. The third-order valence-electron chi connectivity index (χ3n) is 4.64. The van der Waals surface area contributed by atoms with E-state index < -0.39 is 0 Å². The smallest absolute Gasteiger partial charge is 0.409 e. The van der Waals surface area contributed by atoms with Crippen molar-refractivity contribution in [2.24, 2.45) is 0 Å². The molecule has 0 aliphatic carbocycles. The first-order valence-electron chi connectivity index (χ1n) is 7.41. The van der Waals surface area contributed by atoms with E-state index in [1.54, 1.807) is 4.90 Å². The lowest BCUT2D eigenvalue weighted by molar-refractivity contribution is 0.0999. The van der Waals surface area contributed by atoms with Gasteiger partial charge in [-0.15, -0.1) is 0 Å². The minimum absolute atomic E-state index is 0.187. The van der Waals surface area contributed by atoms with Crippen molar-refractivity contribution in [2.75, 3.05) is 39.9 Å². The number of hydrogen-bond donors (Lipinski definition) is 1. The molecule has 3 aliphatic heterocycles. The summed E-state index contributed by atoms with van der Waals surface area (Å²) in [6.45, 7) is 4.56. The van der Waals surface area contributed by atoms with E-state index in [1.165, 1.54) is 45.9 Å². The monoisotopic (exact) mass is 270 g/mol. The van der Waals surface area contributed by atoms with Crippen molar-refractivity contribution in [1.82, 2.24) is 9.80 Å². The average Bonchev–Trinajstić information content (AvgIpc) is 3.13. The summed E-state index contributed by atoms with van der Waals surface area (Å²) in [6.07, 6.45) is 7.09. The Hall–Kier alpha value is -0.810. The van der Waals surface area contributed by atoms with Crippen LogP contribution in [-0.4, -0.2) is 66.4 Å². The lowest BCUT2D eigenvalue weighted by Gasteiger charge is -2.29. The Morgan fingerprint density at radius 3 is 2.11 bits per heavy atom. The van der Waals surface area contributed by atoms with E-state index in [-0.39, 0.29) is 11.6 Å². The van der Waals surface area contributed by atoms with Crippen molar-refractivity contribution in [1.29, 1.82) is 0 Å². The molecule has 1 amide bonds. The van der Waals surface area contributed by atoms with Gasteiger partial charge in [-0.05, 0) is 51.6 Å². The van der Waals surface area contributed by atoms with E-state index in [4.69, 9.17) is 0 Å². The predicted molar refractivity (Wildman–Crippen MR) is 73.1 cm³/mol. The topological polar surface area (TPSA) is 53.0 Å². The van der Waals surface area contributed by atoms with Gasteiger partial charge in [0.1, 0.15) is 0 Å². The van der Waals surface area contributed by atoms with Crippen LogP contribution in [0.3, 0.4) is 0 Å². The first-order chi connectivity index (χ1) is 9.22. The summed E-state index contributed by atoms with van der Waals surface area (Å²) >= 11 is 0. The minimum atomic E-state index is -0.187. The number of aliphatic hydroxyl groups excluding tert-OH is 1. The van der Waals surface area contributed by atoms with Gasteiger partial charge in [-0.2, -0.15) is 0 Å². The van der Waals surface area contributed by atoms with Gasteiger partial charge in [0.15, 0.2) is 0 Å². The second-order valence-electron chi connectivity index (χ2n) is 5.74. The number of aliphatic hydroxyl groups is 1. The number of amides is 1. The molecule has 3 heterocycles. The van der Waals surface area contributed by atoms with Crippen LogP contribution in [-0.2, 0) is 4.74 Å². The molecule has 0 aromatic rings. The number of nitrogens with zero attached hydrogens (tertiary/aromatic N) is 2. The van der Waals surface area contributed by atoms with E-state index >= 15 is 0 Å². The van der Waals surface area contributed by atoms with E-state index in [2.05, 4.69) is 9.64 Å². The second kappa shape index (κ2) is 6.57. The molecule has 19 heavy (non-hydrogen) atoms. The average molecular weight is 270 g/mol. The van der Waals surface area contributed by atoms with Gasteiger partial charge in [0, 0.05) is 18.6 Å². The molecule has 3 aliphatic rings. The van der Waals surface area contributed by atoms with Crippen molar-refractivity contribution in [2.45, 2.75) is 44.1 Å². The molecule has 3 fully saturated rings. The Labute approximate surface area is 115 Å². The summed E-state index contributed by atoms with van der Waals surface area (Å²) < 4.78 is 4.52. The SMILES string of the molecule is COC(=O)N1CCCC1.OCC12CCCN1CCC2. The first-order valence-corrected chi connectivity index (χ1v) is 7.41. The summed E-state index contributed by atoms with van der Waals surface area (Å²) in [5.41, 5.74) is 0.236. The van der Waals surface area contributed by atoms with Crippen LogP contribution in [0.1, 0.15) is 38.5 Å². The number of rotatable bonds is 1. The third kappa shape index (κ3) is 3.20. The molecule has 0 radical (unpaired) electrons. The molecular weight excluding hydrogens is 244 g/mol. The maximum Gasteiger partial charge on any atom is 0.409 e. The first kappa shape index (κ1) is 14.6. The Balaban J connectivity index is 0.000000141. The van der Waals surface area contributed by atoms with Crippen LogP contribution in [0.25, 0.3) is 0 Å². The normalized spacial score (nSPS) is 24.8. The van der Waals surface area contributed by atoms with Crippen molar-refractivity contribution in [3.05, 3.63) is 0 Å². The molecule has 0 saturated carbocycles. The van der Waals surface area contributed by atoms with Gasteiger partial charge in [-0.1, -0.05) is 0 Å². The van der Waals surface area contributed by atoms with E-state index in [0.29, 0.717) is 6.61 Å². The van der Waals surface area contributed by atoms with Crippen LogP contribution in [0.4, 0.5) is 4.79 Å². The van der Waals surface area contributed by atoms with Gasteiger partial charge in [-0.25, -0.2) is 4.79 Å². The highest BCUT2D eigenvalue weighted by Crippen LogP contribution is 2.37. The second-order valence-corrected chi connectivity index (χ2v) is 5.74. The number of hydrogen-bond acceptors (Lipinski definition) is 4. The van der Waals surface area contributed by atoms with Crippen LogP contribution in [0.2, 0.25) is 0 Å². The number of carbonyl (C=O) groups excluding carboxylic acids is 1. The van der Waals surface area contributed by atoms with Crippen molar-refractivity contribution in [3.63, 3.8) is 0 Å². The van der Waals surface area contributed by atoms with Gasteiger partial charge < -0.3 is 14.7 Å². The fourth-order valence-corrected chi connectivity index (χ4v) is 3.51. The maximum absolute atomic E-state index is 10.7. The highest BCUT2D eigenvalue weighted by atomic mass is 16.5. The predicted octanol–water partition coefficient (Wildman–Crippen LogP) is 1.46. The molecule has 5 nitrogen and oxygen atoms in total. The summed E-state index contributed by atoms with van der Waals surface area (Å²) in [4.78, 5) is 14.9. The summed E-state index contributed by atoms with van der Waals surface area (Å²) in [7, 11) is 1.42. The maximum atomic E-state index is 10.7. The lowest BCUT2D eigenvalue weighted by Crippen LogP contribution is -2.41. The number of carbonyl (C=O) groups is 1. The highest BCUT2D eigenvalue weighted by Gasteiger charge is 2.43. The quantitative estimate of drug-likeness (QED) is 0.783. The zero-order valence-electron chi connectivity index (χ0n) is 11.9. The zero-order chi connectivity index (χ0) is 13.7. The zero-order valence-corrected chi connectivity index (χ0v) is 11.9. The van der Waals surface area contributed by atoms with Crippen molar-refractivity contribution in [3.8, 4) is 0 Å². The number of likely N-dealkylation sites (tertiary alicyclic amines) is 1. The Kier molecular flexibility index (Phi) is 5.05.